The highest BCUT2D eigenvalue weighted by Gasteiger charge is 2.37. The van der Waals surface area contributed by atoms with Gasteiger partial charge in [-0.3, -0.25) is 4.98 Å². The highest BCUT2D eigenvalue weighted by Crippen LogP contribution is 2.35. The van der Waals surface area contributed by atoms with Gasteiger partial charge in [0, 0.05) is 12.7 Å². The zero-order chi connectivity index (χ0) is 19.7. The summed E-state index contributed by atoms with van der Waals surface area (Å²) in [6, 6.07) is 4.37. The lowest BCUT2D eigenvalue weighted by Crippen LogP contribution is -2.38. The molecule has 0 spiro atoms. The van der Waals surface area contributed by atoms with Crippen molar-refractivity contribution in [2.45, 2.75) is 37.1 Å². The molecule has 0 amide bonds. The predicted octanol–water partition coefficient (Wildman–Crippen LogP) is 2.89. The third kappa shape index (κ3) is 3.52. The van der Waals surface area contributed by atoms with E-state index in [1.165, 1.54) is 28.7 Å². The Morgan fingerprint density at radius 2 is 2.04 bits per heavy atom. The van der Waals surface area contributed by atoms with E-state index in [1.54, 1.807) is 6.20 Å². The Morgan fingerprint density at radius 3 is 2.79 bits per heavy atom. The minimum absolute atomic E-state index is 0.0939. The van der Waals surface area contributed by atoms with E-state index in [2.05, 4.69) is 20.2 Å². The monoisotopic (exact) mass is 403 g/mol. The van der Waals surface area contributed by atoms with Gasteiger partial charge >= 0.3 is 0 Å². The van der Waals surface area contributed by atoms with Crippen LogP contribution >= 0.6 is 0 Å². The Hall–Kier alpha value is -2.72. The average Bonchev–Trinajstić information content (AvgIpc) is 3.18. The van der Waals surface area contributed by atoms with Crippen molar-refractivity contribution in [3.8, 4) is 11.6 Å². The van der Waals surface area contributed by atoms with Gasteiger partial charge in [0.2, 0.25) is 15.9 Å². The number of hydrogen-bond acceptors (Lipinski definition) is 7. The van der Waals surface area contributed by atoms with Crippen molar-refractivity contribution >= 4 is 10.0 Å². The van der Waals surface area contributed by atoms with Crippen molar-refractivity contribution in [2.75, 3.05) is 6.54 Å². The van der Waals surface area contributed by atoms with Gasteiger partial charge < -0.3 is 4.42 Å². The van der Waals surface area contributed by atoms with Crippen LogP contribution < -0.4 is 0 Å². The molecule has 8 nitrogen and oxygen atoms in total. The molecule has 0 N–H and O–H groups in total. The zero-order valence-corrected chi connectivity index (χ0v) is 15.9. The highest BCUT2D eigenvalue weighted by molar-refractivity contribution is 7.89. The summed E-state index contributed by atoms with van der Waals surface area (Å²) in [6.45, 7) is 2.11. The zero-order valence-electron chi connectivity index (χ0n) is 15.1. The first-order valence-corrected chi connectivity index (χ1v) is 10.3. The molecule has 10 heteroatoms. The Labute approximate surface area is 161 Å². The normalized spacial score (nSPS) is 18.3. The summed E-state index contributed by atoms with van der Waals surface area (Å²) in [5.41, 5.74) is 1.17. The smallest absolute Gasteiger partial charge is 0.267 e. The van der Waals surface area contributed by atoms with Crippen molar-refractivity contribution in [2.24, 2.45) is 0 Å². The quantitative estimate of drug-likeness (QED) is 0.660. The summed E-state index contributed by atoms with van der Waals surface area (Å²) in [7, 11) is -3.91. The van der Waals surface area contributed by atoms with Crippen LogP contribution in [0.25, 0.3) is 11.6 Å². The molecule has 0 bridgehead atoms. The topological polar surface area (TPSA) is 102 Å². The lowest BCUT2D eigenvalue weighted by atomic mass is 10.1. The molecule has 1 fully saturated rings. The molecule has 1 saturated heterocycles. The second-order valence-electron chi connectivity index (χ2n) is 6.57. The van der Waals surface area contributed by atoms with Crippen LogP contribution in [0, 0.1) is 12.7 Å². The Morgan fingerprint density at radius 1 is 1.18 bits per heavy atom. The van der Waals surface area contributed by atoms with Crippen molar-refractivity contribution in [3.63, 3.8) is 0 Å². The first-order valence-electron chi connectivity index (χ1n) is 8.85. The molecule has 4 rings (SSSR count). The second kappa shape index (κ2) is 7.36. The Bertz CT molecular complexity index is 1080. The fraction of sp³-hybridized carbons (Fsp3) is 0.333. The van der Waals surface area contributed by atoms with Gasteiger partial charge in [-0.05, 0) is 38.0 Å². The molecule has 1 unspecified atom stereocenters. The molecule has 1 aliphatic heterocycles. The van der Waals surface area contributed by atoms with E-state index >= 15 is 0 Å². The molecular formula is C18H18FN5O3S. The maximum absolute atomic E-state index is 13.6. The number of sulfonamides is 1. The van der Waals surface area contributed by atoms with Gasteiger partial charge in [0.05, 0.1) is 16.8 Å². The van der Waals surface area contributed by atoms with Gasteiger partial charge in [-0.25, -0.2) is 17.8 Å². The first-order chi connectivity index (χ1) is 13.4. The van der Waals surface area contributed by atoms with Crippen LogP contribution in [0.4, 0.5) is 4.39 Å². The number of nitrogens with zero attached hydrogens (tertiary/aromatic N) is 5. The second-order valence-corrected chi connectivity index (χ2v) is 8.46. The largest absolute Gasteiger partial charge is 0.417 e. The average molecular weight is 403 g/mol. The molecule has 0 aliphatic carbocycles. The minimum atomic E-state index is -3.91. The van der Waals surface area contributed by atoms with E-state index in [9.17, 15) is 12.8 Å². The van der Waals surface area contributed by atoms with Gasteiger partial charge in [-0.1, -0.05) is 12.5 Å². The van der Waals surface area contributed by atoms with Crippen molar-refractivity contribution < 1.29 is 17.2 Å². The maximum atomic E-state index is 13.6. The highest BCUT2D eigenvalue weighted by atomic mass is 32.2. The third-order valence-electron chi connectivity index (χ3n) is 4.58. The molecule has 28 heavy (non-hydrogen) atoms. The Balaban J connectivity index is 1.67. The summed E-state index contributed by atoms with van der Waals surface area (Å²) < 4.78 is 46.8. The minimum Gasteiger partial charge on any atom is -0.417 e. The molecular weight excluding hydrogens is 385 g/mol. The van der Waals surface area contributed by atoms with E-state index in [0.717, 1.165) is 18.2 Å². The number of aromatic nitrogens is 4. The van der Waals surface area contributed by atoms with Gasteiger partial charge in [-0.15, -0.1) is 10.2 Å². The third-order valence-corrected chi connectivity index (χ3v) is 6.49. The summed E-state index contributed by atoms with van der Waals surface area (Å²) in [5, 5.41) is 8.04. The molecule has 3 aromatic rings. The molecule has 0 radical (unpaired) electrons. The number of halogens is 1. The fourth-order valence-electron chi connectivity index (χ4n) is 3.18. The molecule has 1 aromatic carbocycles. The SMILES string of the molecule is Cc1cnc(-c2nnc(C3CCCCN3S(=O)(=O)c3cccc(F)c3)o2)cn1. The van der Waals surface area contributed by atoms with Crippen molar-refractivity contribution in [3.05, 3.63) is 54.1 Å². The lowest BCUT2D eigenvalue weighted by Gasteiger charge is -2.32. The molecule has 3 heterocycles. The Kier molecular flexibility index (Phi) is 4.90. The van der Waals surface area contributed by atoms with Crippen molar-refractivity contribution in [1.82, 2.24) is 24.5 Å². The van der Waals surface area contributed by atoms with Crippen LogP contribution in [0.2, 0.25) is 0 Å². The summed E-state index contributed by atoms with van der Waals surface area (Å²) in [4.78, 5) is 8.25. The van der Waals surface area contributed by atoms with Crippen LogP contribution in [0.15, 0.2) is 46.0 Å². The van der Waals surface area contributed by atoms with E-state index in [1.807, 2.05) is 6.92 Å². The lowest BCUT2D eigenvalue weighted by molar-refractivity contribution is 0.220. The number of aryl methyl sites for hydroxylation is 1. The van der Waals surface area contributed by atoms with Crippen LogP contribution in [0.1, 0.15) is 36.9 Å². The number of hydrogen-bond donors (Lipinski definition) is 0. The molecule has 0 saturated carbocycles. The van der Waals surface area contributed by atoms with E-state index < -0.39 is 21.9 Å². The molecule has 2 aromatic heterocycles. The van der Waals surface area contributed by atoms with E-state index in [-0.39, 0.29) is 16.7 Å². The van der Waals surface area contributed by atoms with Crippen LogP contribution in [-0.2, 0) is 10.0 Å². The summed E-state index contributed by atoms with van der Waals surface area (Å²) in [6.07, 6.45) is 5.17. The molecule has 146 valence electrons. The number of benzene rings is 1. The van der Waals surface area contributed by atoms with Gasteiger partial charge in [0.25, 0.3) is 5.89 Å². The van der Waals surface area contributed by atoms with Crippen molar-refractivity contribution in [1.29, 1.82) is 0 Å². The van der Waals surface area contributed by atoms with Crippen LogP contribution in [0.5, 0.6) is 0 Å². The standard InChI is InChI=1S/C18H18FN5O3S/c1-12-10-21-15(11-20-12)17-22-23-18(27-17)16-7-2-3-8-24(16)28(25,26)14-6-4-5-13(19)9-14/h4-6,9-11,16H,2-3,7-8H2,1H3. The number of rotatable bonds is 4. The predicted molar refractivity (Wildman–Crippen MR) is 96.9 cm³/mol. The fourth-order valence-corrected chi connectivity index (χ4v) is 4.86. The van der Waals surface area contributed by atoms with E-state index in [4.69, 9.17) is 4.42 Å². The van der Waals surface area contributed by atoms with Gasteiger partial charge in [-0.2, -0.15) is 4.31 Å². The van der Waals surface area contributed by atoms with Crippen LogP contribution in [-0.4, -0.2) is 39.4 Å². The summed E-state index contributed by atoms with van der Waals surface area (Å²) in [5.74, 6) is -0.235. The van der Waals surface area contributed by atoms with Gasteiger partial charge in [0.1, 0.15) is 17.6 Å². The summed E-state index contributed by atoms with van der Waals surface area (Å²) >= 11 is 0. The number of piperidine rings is 1. The molecule has 1 atom stereocenters. The van der Waals surface area contributed by atoms with Gasteiger partial charge in [0.15, 0.2) is 0 Å². The van der Waals surface area contributed by atoms with Crippen LogP contribution in [0.3, 0.4) is 0 Å². The first kappa shape index (κ1) is 18.6. The maximum Gasteiger partial charge on any atom is 0.267 e. The molecule has 1 aliphatic rings. The van der Waals surface area contributed by atoms with E-state index in [0.29, 0.717) is 25.1 Å².